The van der Waals surface area contributed by atoms with E-state index in [4.69, 9.17) is 4.74 Å². The maximum absolute atomic E-state index is 5.43. The second-order valence-electron chi connectivity index (χ2n) is 5.40. The van der Waals surface area contributed by atoms with Crippen molar-refractivity contribution in [3.8, 4) is 0 Å². The van der Waals surface area contributed by atoms with Gasteiger partial charge in [-0.05, 0) is 62.9 Å². The summed E-state index contributed by atoms with van der Waals surface area (Å²) < 4.78 is 5.43. The Hall–Kier alpha value is -0.0800. The summed E-state index contributed by atoms with van der Waals surface area (Å²) in [6, 6.07) is 0. The Morgan fingerprint density at radius 1 is 1.33 bits per heavy atom. The van der Waals surface area contributed by atoms with E-state index in [0.29, 0.717) is 6.10 Å². The predicted molar refractivity (Wildman–Crippen MR) is 63.0 cm³/mol. The smallest absolute Gasteiger partial charge is 0.0571 e. The first-order valence-corrected chi connectivity index (χ1v) is 6.54. The lowest BCUT2D eigenvalue weighted by Gasteiger charge is -2.28. The number of methoxy groups -OCH3 is 1. The summed E-state index contributed by atoms with van der Waals surface area (Å²) >= 11 is 0. The fourth-order valence-corrected chi connectivity index (χ4v) is 3.19. The highest BCUT2D eigenvalue weighted by Gasteiger charge is 2.54. The average molecular weight is 211 g/mol. The molecule has 2 saturated carbocycles. The van der Waals surface area contributed by atoms with Crippen LogP contribution in [0.25, 0.3) is 0 Å². The number of nitrogens with one attached hydrogen (secondary N) is 1. The van der Waals surface area contributed by atoms with Gasteiger partial charge in [-0.15, -0.1) is 0 Å². The molecule has 88 valence electrons. The average Bonchev–Trinajstić information content (AvgIpc) is 2.93. The molecule has 1 unspecified atom stereocenters. The monoisotopic (exact) mass is 211 g/mol. The number of hydrogen-bond donors (Lipinski definition) is 1. The minimum atomic E-state index is 0.556. The Bertz CT molecular complexity index is 197. The number of rotatable bonds is 5. The van der Waals surface area contributed by atoms with Gasteiger partial charge >= 0.3 is 0 Å². The third-order valence-electron chi connectivity index (χ3n) is 4.44. The van der Waals surface area contributed by atoms with E-state index in [1.54, 1.807) is 0 Å². The molecule has 0 aromatic carbocycles. The van der Waals surface area contributed by atoms with Crippen LogP contribution in [0.1, 0.15) is 45.4 Å². The van der Waals surface area contributed by atoms with E-state index in [0.717, 1.165) is 11.3 Å². The van der Waals surface area contributed by atoms with Crippen molar-refractivity contribution >= 4 is 0 Å². The molecule has 0 radical (unpaired) electrons. The molecule has 0 aromatic rings. The molecule has 0 bridgehead atoms. The molecule has 0 saturated heterocycles. The summed E-state index contributed by atoms with van der Waals surface area (Å²) in [5, 5.41) is 3.56. The molecule has 15 heavy (non-hydrogen) atoms. The molecule has 0 amide bonds. The van der Waals surface area contributed by atoms with Gasteiger partial charge in [-0.2, -0.15) is 0 Å². The molecule has 0 aliphatic heterocycles. The van der Waals surface area contributed by atoms with Gasteiger partial charge in [-0.3, -0.25) is 0 Å². The van der Waals surface area contributed by atoms with Crippen molar-refractivity contribution in [3.63, 3.8) is 0 Å². The molecule has 1 spiro atoms. The molecule has 1 atom stereocenters. The van der Waals surface area contributed by atoms with Crippen molar-refractivity contribution in [2.24, 2.45) is 11.3 Å². The second-order valence-corrected chi connectivity index (χ2v) is 5.40. The van der Waals surface area contributed by atoms with E-state index in [-0.39, 0.29) is 0 Å². The SMILES string of the molecule is CCCNCC1CC12CCC(OC)CC2. The van der Waals surface area contributed by atoms with Gasteiger partial charge in [0.05, 0.1) is 6.10 Å². The lowest BCUT2D eigenvalue weighted by Crippen LogP contribution is -2.25. The molecule has 2 aliphatic rings. The minimum Gasteiger partial charge on any atom is -0.381 e. The van der Waals surface area contributed by atoms with Crippen LogP contribution in [0.5, 0.6) is 0 Å². The van der Waals surface area contributed by atoms with Crippen LogP contribution in [-0.2, 0) is 4.74 Å². The quantitative estimate of drug-likeness (QED) is 0.706. The number of hydrogen-bond acceptors (Lipinski definition) is 2. The highest BCUT2D eigenvalue weighted by atomic mass is 16.5. The molecule has 2 heteroatoms. The topological polar surface area (TPSA) is 21.3 Å². The summed E-state index contributed by atoms with van der Waals surface area (Å²) in [7, 11) is 1.86. The van der Waals surface area contributed by atoms with Crippen LogP contribution in [0, 0.1) is 11.3 Å². The standard InChI is InChI=1S/C13H25NO/c1-3-8-14-10-11-9-13(11)6-4-12(15-2)5-7-13/h11-12,14H,3-10H2,1-2H3. The van der Waals surface area contributed by atoms with Crippen molar-refractivity contribution in [1.29, 1.82) is 0 Å². The molecule has 2 aliphatic carbocycles. The summed E-state index contributed by atoms with van der Waals surface area (Å²) in [6.45, 7) is 4.68. The van der Waals surface area contributed by atoms with Gasteiger partial charge in [0, 0.05) is 7.11 Å². The first kappa shape index (κ1) is 11.4. The Morgan fingerprint density at radius 2 is 2.07 bits per heavy atom. The van der Waals surface area contributed by atoms with Gasteiger partial charge in [-0.25, -0.2) is 0 Å². The van der Waals surface area contributed by atoms with E-state index >= 15 is 0 Å². The summed E-state index contributed by atoms with van der Waals surface area (Å²) in [6.07, 6.45) is 8.68. The third kappa shape index (κ3) is 2.54. The highest BCUT2D eigenvalue weighted by molar-refractivity contribution is 5.05. The van der Waals surface area contributed by atoms with E-state index in [1.807, 2.05) is 7.11 Å². The minimum absolute atomic E-state index is 0.556. The van der Waals surface area contributed by atoms with Crippen LogP contribution in [0.4, 0.5) is 0 Å². The Kier molecular flexibility index (Phi) is 3.68. The van der Waals surface area contributed by atoms with Crippen LogP contribution < -0.4 is 5.32 Å². The summed E-state index contributed by atoms with van der Waals surface area (Å²) in [5.74, 6) is 0.974. The first-order chi connectivity index (χ1) is 7.30. The number of ether oxygens (including phenoxy) is 1. The van der Waals surface area contributed by atoms with Gasteiger partial charge in [-0.1, -0.05) is 6.92 Å². The van der Waals surface area contributed by atoms with Crippen molar-refractivity contribution in [2.45, 2.75) is 51.6 Å². The molecule has 2 fully saturated rings. The van der Waals surface area contributed by atoms with Crippen LogP contribution in [0.15, 0.2) is 0 Å². The summed E-state index contributed by atoms with van der Waals surface area (Å²) in [4.78, 5) is 0. The molecular formula is C13H25NO. The zero-order valence-electron chi connectivity index (χ0n) is 10.2. The van der Waals surface area contributed by atoms with Crippen LogP contribution in [0.2, 0.25) is 0 Å². The van der Waals surface area contributed by atoms with Gasteiger partial charge < -0.3 is 10.1 Å². The third-order valence-corrected chi connectivity index (χ3v) is 4.44. The largest absolute Gasteiger partial charge is 0.381 e. The van der Waals surface area contributed by atoms with Crippen LogP contribution in [0.3, 0.4) is 0 Å². The molecule has 2 nitrogen and oxygen atoms in total. The molecule has 2 rings (SSSR count). The van der Waals surface area contributed by atoms with Crippen molar-refractivity contribution in [3.05, 3.63) is 0 Å². The maximum atomic E-state index is 5.43. The fourth-order valence-electron chi connectivity index (χ4n) is 3.19. The Labute approximate surface area is 93.8 Å². The molecule has 0 aromatic heterocycles. The molecular weight excluding hydrogens is 186 g/mol. The molecule has 1 N–H and O–H groups in total. The van der Waals surface area contributed by atoms with E-state index in [1.165, 1.54) is 51.6 Å². The van der Waals surface area contributed by atoms with Crippen molar-refractivity contribution < 1.29 is 4.74 Å². The summed E-state index contributed by atoms with van der Waals surface area (Å²) in [5.41, 5.74) is 0.732. The zero-order chi connectivity index (χ0) is 10.7. The Morgan fingerprint density at radius 3 is 2.67 bits per heavy atom. The first-order valence-electron chi connectivity index (χ1n) is 6.54. The molecule has 0 heterocycles. The van der Waals surface area contributed by atoms with E-state index < -0.39 is 0 Å². The van der Waals surface area contributed by atoms with Gasteiger partial charge in [0.1, 0.15) is 0 Å². The zero-order valence-corrected chi connectivity index (χ0v) is 10.2. The normalized spacial score (nSPS) is 39.6. The van der Waals surface area contributed by atoms with Crippen LogP contribution in [-0.4, -0.2) is 26.3 Å². The van der Waals surface area contributed by atoms with Crippen molar-refractivity contribution in [2.75, 3.05) is 20.2 Å². The second kappa shape index (κ2) is 4.84. The predicted octanol–water partition coefficient (Wildman–Crippen LogP) is 2.58. The van der Waals surface area contributed by atoms with E-state index in [9.17, 15) is 0 Å². The highest BCUT2D eigenvalue weighted by Crippen LogP contribution is 2.61. The van der Waals surface area contributed by atoms with Gasteiger partial charge in [0.15, 0.2) is 0 Å². The Balaban J connectivity index is 1.68. The fraction of sp³-hybridized carbons (Fsp3) is 1.00. The van der Waals surface area contributed by atoms with Crippen molar-refractivity contribution in [1.82, 2.24) is 5.32 Å². The van der Waals surface area contributed by atoms with E-state index in [2.05, 4.69) is 12.2 Å². The van der Waals surface area contributed by atoms with Crippen LogP contribution >= 0.6 is 0 Å². The van der Waals surface area contributed by atoms with Gasteiger partial charge in [0.2, 0.25) is 0 Å². The lowest BCUT2D eigenvalue weighted by atomic mass is 9.83. The lowest BCUT2D eigenvalue weighted by molar-refractivity contribution is 0.0492. The maximum Gasteiger partial charge on any atom is 0.0571 e. The van der Waals surface area contributed by atoms with Gasteiger partial charge in [0.25, 0.3) is 0 Å².